The van der Waals surface area contributed by atoms with E-state index >= 15 is 0 Å². The lowest BCUT2D eigenvalue weighted by Gasteiger charge is -2.35. The molecule has 1 amide bonds. The van der Waals surface area contributed by atoms with Crippen LogP contribution in [0.15, 0.2) is 18.2 Å². The Morgan fingerprint density at radius 1 is 1.47 bits per heavy atom. The third-order valence-corrected chi connectivity index (χ3v) is 3.29. The standard InChI is InChI=1S/C14H18N4O/c1-10(16)5-6-18-12-4-3-11(8-15)7-13(12)17(2)9-14(18)19/h3-4,7,10H,5-6,9,16H2,1-2H3. The smallest absolute Gasteiger partial charge is 0.246 e. The summed E-state index contributed by atoms with van der Waals surface area (Å²) in [5.41, 5.74) is 8.14. The second-order valence-electron chi connectivity index (χ2n) is 4.98. The molecular formula is C14H18N4O. The van der Waals surface area contributed by atoms with E-state index in [1.807, 2.05) is 31.0 Å². The number of benzene rings is 1. The van der Waals surface area contributed by atoms with Crippen molar-refractivity contribution in [1.29, 1.82) is 5.26 Å². The number of nitriles is 1. The van der Waals surface area contributed by atoms with Gasteiger partial charge in [-0.05, 0) is 31.5 Å². The third kappa shape index (κ3) is 2.69. The van der Waals surface area contributed by atoms with Gasteiger partial charge in [-0.3, -0.25) is 4.79 Å². The van der Waals surface area contributed by atoms with Crippen LogP contribution in [0.1, 0.15) is 18.9 Å². The van der Waals surface area contributed by atoms with Gasteiger partial charge in [0.15, 0.2) is 0 Å². The number of carbonyl (C=O) groups is 1. The molecule has 1 atom stereocenters. The first-order chi connectivity index (χ1) is 9.02. The molecule has 0 spiro atoms. The van der Waals surface area contributed by atoms with Gasteiger partial charge in [0.25, 0.3) is 0 Å². The highest BCUT2D eigenvalue weighted by Gasteiger charge is 2.27. The van der Waals surface area contributed by atoms with E-state index in [0.29, 0.717) is 18.7 Å². The number of hydrogen-bond acceptors (Lipinski definition) is 4. The molecule has 1 aromatic carbocycles. The maximum Gasteiger partial charge on any atom is 0.246 e. The largest absolute Gasteiger partial charge is 0.364 e. The Bertz CT molecular complexity index is 533. The van der Waals surface area contributed by atoms with Gasteiger partial charge in [-0.2, -0.15) is 5.26 Å². The number of nitrogens with zero attached hydrogens (tertiary/aromatic N) is 3. The number of amides is 1. The molecule has 0 aliphatic carbocycles. The van der Waals surface area contributed by atoms with Gasteiger partial charge in [0, 0.05) is 19.6 Å². The fraction of sp³-hybridized carbons (Fsp3) is 0.429. The zero-order valence-corrected chi connectivity index (χ0v) is 11.3. The number of nitrogens with two attached hydrogens (primary N) is 1. The highest BCUT2D eigenvalue weighted by Crippen LogP contribution is 2.33. The van der Waals surface area contributed by atoms with Crippen LogP contribution in [0.2, 0.25) is 0 Å². The number of hydrogen-bond donors (Lipinski definition) is 1. The zero-order valence-electron chi connectivity index (χ0n) is 11.3. The van der Waals surface area contributed by atoms with E-state index in [2.05, 4.69) is 6.07 Å². The first-order valence-electron chi connectivity index (χ1n) is 6.34. The highest BCUT2D eigenvalue weighted by atomic mass is 16.2. The molecule has 0 saturated heterocycles. The molecule has 1 aromatic rings. The fourth-order valence-electron chi connectivity index (χ4n) is 2.21. The number of carbonyl (C=O) groups excluding carboxylic acids is 1. The van der Waals surface area contributed by atoms with Crippen LogP contribution in [0.25, 0.3) is 0 Å². The predicted molar refractivity (Wildman–Crippen MR) is 75.0 cm³/mol. The Hall–Kier alpha value is -2.06. The quantitative estimate of drug-likeness (QED) is 0.880. The van der Waals surface area contributed by atoms with Crippen molar-refractivity contribution in [2.45, 2.75) is 19.4 Å². The molecule has 1 aliphatic heterocycles. The van der Waals surface area contributed by atoms with E-state index in [9.17, 15) is 4.79 Å². The first-order valence-corrected chi connectivity index (χ1v) is 6.34. The second-order valence-corrected chi connectivity index (χ2v) is 4.98. The molecule has 0 aromatic heterocycles. The minimum absolute atomic E-state index is 0.0642. The molecule has 5 heteroatoms. The molecule has 1 aliphatic rings. The van der Waals surface area contributed by atoms with E-state index in [1.54, 1.807) is 11.0 Å². The molecule has 2 rings (SSSR count). The predicted octanol–water partition coefficient (Wildman–Crippen LogP) is 1.08. The highest BCUT2D eigenvalue weighted by molar-refractivity contribution is 6.03. The van der Waals surface area contributed by atoms with E-state index in [0.717, 1.165) is 17.8 Å². The van der Waals surface area contributed by atoms with Crippen LogP contribution in [0.5, 0.6) is 0 Å². The summed E-state index contributed by atoms with van der Waals surface area (Å²) in [6.07, 6.45) is 0.759. The number of fused-ring (bicyclic) bond motifs is 1. The fourth-order valence-corrected chi connectivity index (χ4v) is 2.21. The summed E-state index contributed by atoms with van der Waals surface area (Å²) < 4.78 is 0. The minimum Gasteiger partial charge on any atom is -0.364 e. The lowest BCUT2D eigenvalue weighted by molar-refractivity contribution is -0.117. The molecule has 100 valence electrons. The Kier molecular flexibility index (Phi) is 3.72. The molecule has 2 N–H and O–H groups in total. The maximum atomic E-state index is 12.1. The molecule has 0 saturated carbocycles. The molecule has 0 bridgehead atoms. The zero-order chi connectivity index (χ0) is 14.0. The van der Waals surface area contributed by atoms with Crippen molar-refractivity contribution in [3.63, 3.8) is 0 Å². The van der Waals surface area contributed by atoms with Crippen molar-refractivity contribution in [2.24, 2.45) is 5.73 Å². The van der Waals surface area contributed by atoms with Crippen molar-refractivity contribution >= 4 is 17.3 Å². The minimum atomic E-state index is 0.0642. The lowest BCUT2D eigenvalue weighted by Crippen LogP contribution is -2.45. The van der Waals surface area contributed by atoms with Crippen molar-refractivity contribution in [3.05, 3.63) is 23.8 Å². The van der Waals surface area contributed by atoms with Crippen LogP contribution >= 0.6 is 0 Å². The van der Waals surface area contributed by atoms with Crippen LogP contribution in [0.4, 0.5) is 11.4 Å². The molecular weight excluding hydrogens is 240 g/mol. The number of rotatable bonds is 3. The average molecular weight is 258 g/mol. The van der Waals surface area contributed by atoms with Crippen LogP contribution < -0.4 is 15.5 Å². The van der Waals surface area contributed by atoms with Gasteiger partial charge in [-0.1, -0.05) is 0 Å². The van der Waals surface area contributed by atoms with Gasteiger partial charge < -0.3 is 15.5 Å². The Morgan fingerprint density at radius 2 is 2.21 bits per heavy atom. The summed E-state index contributed by atoms with van der Waals surface area (Å²) in [6.45, 7) is 2.88. The van der Waals surface area contributed by atoms with Gasteiger partial charge in [0.2, 0.25) is 5.91 Å². The first kappa shape index (κ1) is 13.4. The van der Waals surface area contributed by atoms with Crippen molar-refractivity contribution < 1.29 is 4.79 Å². The molecule has 0 radical (unpaired) electrons. The summed E-state index contributed by atoms with van der Waals surface area (Å²) in [6, 6.07) is 7.58. The van der Waals surface area contributed by atoms with Crippen LogP contribution in [-0.2, 0) is 4.79 Å². The van der Waals surface area contributed by atoms with Crippen molar-refractivity contribution in [2.75, 3.05) is 29.9 Å². The number of anilines is 2. The molecule has 5 nitrogen and oxygen atoms in total. The van der Waals surface area contributed by atoms with E-state index < -0.39 is 0 Å². The maximum absolute atomic E-state index is 12.1. The molecule has 19 heavy (non-hydrogen) atoms. The van der Waals surface area contributed by atoms with E-state index in [-0.39, 0.29) is 11.9 Å². The summed E-state index contributed by atoms with van der Waals surface area (Å²) in [5.74, 6) is 0.0698. The summed E-state index contributed by atoms with van der Waals surface area (Å²) >= 11 is 0. The second kappa shape index (κ2) is 5.29. The van der Waals surface area contributed by atoms with Gasteiger partial charge in [-0.15, -0.1) is 0 Å². The van der Waals surface area contributed by atoms with E-state index in [4.69, 9.17) is 11.0 Å². The summed E-state index contributed by atoms with van der Waals surface area (Å²) in [5, 5.41) is 8.95. The van der Waals surface area contributed by atoms with Gasteiger partial charge in [-0.25, -0.2) is 0 Å². The monoisotopic (exact) mass is 258 g/mol. The van der Waals surface area contributed by atoms with Crippen LogP contribution in [-0.4, -0.2) is 32.1 Å². The average Bonchev–Trinajstić information content (AvgIpc) is 2.37. The molecule has 0 fully saturated rings. The van der Waals surface area contributed by atoms with Crippen LogP contribution in [0, 0.1) is 11.3 Å². The lowest BCUT2D eigenvalue weighted by atomic mass is 10.1. The van der Waals surface area contributed by atoms with Gasteiger partial charge in [0.05, 0.1) is 29.6 Å². The number of likely N-dealkylation sites (N-methyl/N-ethyl adjacent to an activating group) is 1. The molecule has 1 unspecified atom stereocenters. The summed E-state index contributed by atoms with van der Waals surface area (Å²) in [7, 11) is 1.86. The van der Waals surface area contributed by atoms with E-state index in [1.165, 1.54) is 0 Å². The summed E-state index contributed by atoms with van der Waals surface area (Å²) in [4.78, 5) is 15.8. The van der Waals surface area contributed by atoms with Crippen molar-refractivity contribution in [1.82, 2.24) is 0 Å². The topological polar surface area (TPSA) is 73.4 Å². The third-order valence-electron chi connectivity index (χ3n) is 3.29. The van der Waals surface area contributed by atoms with Gasteiger partial charge >= 0.3 is 0 Å². The normalized spacial score (nSPS) is 16.0. The Balaban J connectivity index is 2.35. The Morgan fingerprint density at radius 3 is 2.84 bits per heavy atom. The van der Waals surface area contributed by atoms with Gasteiger partial charge in [0.1, 0.15) is 0 Å². The molecule has 1 heterocycles. The Labute approximate surface area is 113 Å². The SMILES string of the molecule is CC(N)CCN1C(=O)CN(C)c2cc(C#N)ccc21. The van der Waals surface area contributed by atoms with Crippen LogP contribution in [0.3, 0.4) is 0 Å². The van der Waals surface area contributed by atoms with Crippen molar-refractivity contribution in [3.8, 4) is 6.07 Å².